The van der Waals surface area contributed by atoms with Crippen molar-refractivity contribution < 1.29 is 47.8 Å². The molecule has 2 rings (SSSR count). The fourth-order valence-corrected chi connectivity index (χ4v) is 3.94. The highest BCUT2D eigenvalue weighted by Gasteiger charge is 2.29. The second-order valence-electron chi connectivity index (χ2n) is 8.52. The number of phosphoric ester groups is 1. The summed E-state index contributed by atoms with van der Waals surface area (Å²) in [6.07, 6.45) is 0.107. The first-order valence-electron chi connectivity index (χ1n) is 11.2. The summed E-state index contributed by atoms with van der Waals surface area (Å²) in [5.41, 5.74) is 0.550. The molecule has 0 aliphatic carbocycles. The van der Waals surface area contributed by atoms with Gasteiger partial charge in [-0.25, -0.2) is 9.36 Å². The van der Waals surface area contributed by atoms with Crippen LogP contribution in [0.15, 0.2) is 42.5 Å². The van der Waals surface area contributed by atoms with Gasteiger partial charge in [-0.05, 0) is 42.2 Å². The first-order chi connectivity index (χ1) is 17.3. The standard InChI is InChI=1S/C24H31N2O10P/c1-14(2)12-18(24(29)30)26-22(27)17(13-15-8-10-16(11-9-15)36-37(31,32)33)25-23(28)21-19(34-3)6-5-7-20(21)35-4/h5-11,14,17-18H,12-13H2,1-4H3,(H,25,28)(H,26,27)(H,29,30)(H2,31,32,33). The van der Waals surface area contributed by atoms with Gasteiger partial charge in [0.2, 0.25) is 5.91 Å². The Morgan fingerprint density at radius 1 is 0.919 bits per heavy atom. The average molecular weight is 538 g/mol. The van der Waals surface area contributed by atoms with Crippen LogP contribution in [0.3, 0.4) is 0 Å². The predicted molar refractivity (Wildman–Crippen MR) is 133 cm³/mol. The summed E-state index contributed by atoms with van der Waals surface area (Å²) in [6, 6.07) is 7.86. The summed E-state index contributed by atoms with van der Waals surface area (Å²) in [4.78, 5) is 56.1. The van der Waals surface area contributed by atoms with Crippen LogP contribution in [0.1, 0.15) is 36.2 Å². The number of benzene rings is 2. The summed E-state index contributed by atoms with van der Waals surface area (Å²) in [5.74, 6) is -2.33. The van der Waals surface area contributed by atoms with E-state index in [2.05, 4.69) is 15.2 Å². The van der Waals surface area contributed by atoms with Crippen molar-refractivity contribution in [3.8, 4) is 17.2 Å². The molecule has 5 N–H and O–H groups in total. The molecule has 0 aliphatic heterocycles. The fraction of sp³-hybridized carbons (Fsp3) is 0.375. The zero-order valence-corrected chi connectivity index (χ0v) is 21.7. The van der Waals surface area contributed by atoms with E-state index in [9.17, 15) is 24.1 Å². The van der Waals surface area contributed by atoms with E-state index >= 15 is 0 Å². The van der Waals surface area contributed by atoms with Gasteiger partial charge in [-0.2, -0.15) is 0 Å². The Morgan fingerprint density at radius 2 is 1.49 bits per heavy atom. The molecule has 37 heavy (non-hydrogen) atoms. The first kappa shape index (κ1) is 29.6. The van der Waals surface area contributed by atoms with Gasteiger partial charge in [0.15, 0.2) is 0 Å². The van der Waals surface area contributed by atoms with Gasteiger partial charge in [-0.15, -0.1) is 0 Å². The van der Waals surface area contributed by atoms with Crippen LogP contribution in [0.4, 0.5) is 0 Å². The molecule has 0 saturated heterocycles. The number of carboxylic acids is 1. The second kappa shape index (κ2) is 13.1. The zero-order valence-electron chi connectivity index (χ0n) is 20.8. The summed E-state index contributed by atoms with van der Waals surface area (Å²) >= 11 is 0. The summed E-state index contributed by atoms with van der Waals surface area (Å²) in [7, 11) is -2.00. The Hall–Kier alpha value is -3.60. The van der Waals surface area contributed by atoms with Gasteiger partial charge >= 0.3 is 13.8 Å². The molecule has 2 aromatic carbocycles. The van der Waals surface area contributed by atoms with Crippen molar-refractivity contribution in [2.45, 2.75) is 38.8 Å². The molecule has 13 heteroatoms. The summed E-state index contributed by atoms with van der Waals surface area (Å²) in [5, 5.41) is 14.7. The number of carbonyl (C=O) groups is 3. The molecule has 0 spiro atoms. The third-order valence-electron chi connectivity index (χ3n) is 5.19. The second-order valence-corrected chi connectivity index (χ2v) is 9.69. The first-order valence-corrected chi connectivity index (χ1v) is 12.8. The molecule has 2 atom stereocenters. The molecule has 2 unspecified atom stereocenters. The van der Waals surface area contributed by atoms with E-state index < -0.39 is 37.7 Å². The van der Waals surface area contributed by atoms with Crippen molar-refractivity contribution >= 4 is 25.6 Å². The number of hydrogen-bond donors (Lipinski definition) is 5. The minimum absolute atomic E-state index is 0.0196. The number of carboxylic acid groups (broad SMARTS) is 1. The Morgan fingerprint density at radius 3 is 1.95 bits per heavy atom. The van der Waals surface area contributed by atoms with Crippen LogP contribution in [0.2, 0.25) is 0 Å². The molecule has 0 bridgehead atoms. The Kier molecular flexibility index (Phi) is 10.5. The van der Waals surface area contributed by atoms with Crippen molar-refractivity contribution in [2.75, 3.05) is 14.2 Å². The number of hydrogen-bond acceptors (Lipinski definition) is 7. The highest BCUT2D eigenvalue weighted by atomic mass is 31.2. The normalized spacial score (nSPS) is 12.8. The number of phosphoric acid groups is 1. The van der Waals surface area contributed by atoms with Crippen LogP contribution in [-0.2, 0) is 20.6 Å². The third-order valence-corrected chi connectivity index (χ3v) is 5.63. The molecule has 0 radical (unpaired) electrons. The van der Waals surface area contributed by atoms with Gasteiger partial charge < -0.3 is 29.7 Å². The molecule has 0 fully saturated rings. The number of ether oxygens (including phenoxy) is 2. The van der Waals surface area contributed by atoms with Crippen LogP contribution in [0.5, 0.6) is 17.2 Å². The van der Waals surface area contributed by atoms with E-state index in [0.29, 0.717) is 5.56 Å². The van der Waals surface area contributed by atoms with E-state index in [-0.39, 0.29) is 41.6 Å². The smallest absolute Gasteiger partial charge is 0.496 e. The van der Waals surface area contributed by atoms with E-state index in [1.165, 1.54) is 38.5 Å². The molecule has 2 aromatic rings. The van der Waals surface area contributed by atoms with Crippen LogP contribution in [0, 0.1) is 5.92 Å². The molecule has 2 amide bonds. The molecule has 0 saturated carbocycles. The van der Waals surface area contributed by atoms with Gasteiger partial charge in [0, 0.05) is 6.42 Å². The van der Waals surface area contributed by atoms with Crippen molar-refractivity contribution in [1.29, 1.82) is 0 Å². The lowest BCUT2D eigenvalue weighted by Gasteiger charge is -2.23. The van der Waals surface area contributed by atoms with Gasteiger partial charge in [0.05, 0.1) is 14.2 Å². The lowest BCUT2D eigenvalue weighted by Crippen LogP contribution is -2.52. The van der Waals surface area contributed by atoms with Gasteiger partial charge in [0.1, 0.15) is 34.9 Å². The van der Waals surface area contributed by atoms with Gasteiger partial charge in [-0.3, -0.25) is 19.4 Å². The average Bonchev–Trinajstić information content (AvgIpc) is 2.82. The van der Waals surface area contributed by atoms with Crippen molar-refractivity contribution in [3.05, 3.63) is 53.6 Å². The minimum Gasteiger partial charge on any atom is -0.496 e. The van der Waals surface area contributed by atoms with Gasteiger partial charge in [0.25, 0.3) is 5.91 Å². The topological polar surface area (TPSA) is 181 Å². The monoisotopic (exact) mass is 538 g/mol. The Bertz CT molecular complexity index is 1120. The summed E-state index contributed by atoms with van der Waals surface area (Å²) in [6.45, 7) is 3.63. The minimum atomic E-state index is -4.75. The number of carbonyl (C=O) groups excluding carboxylic acids is 2. The lowest BCUT2D eigenvalue weighted by atomic mass is 10.0. The molecular weight excluding hydrogens is 507 g/mol. The number of amides is 2. The van der Waals surface area contributed by atoms with Crippen LogP contribution in [0.25, 0.3) is 0 Å². The summed E-state index contributed by atoms with van der Waals surface area (Å²) < 4.78 is 26.1. The largest absolute Gasteiger partial charge is 0.524 e. The zero-order chi connectivity index (χ0) is 27.8. The maximum absolute atomic E-state index is 13.2. The number of methoxy groups -OCH3 is 2. The van der Waals surface area contributed by atoms with Crippen molar-refractivity contribution in [2.24, 2.45) is 5.92 Å². The van der Waals surface area contributed by atoms with E-state index in [1.807, 2.05) is 13.8 Å². The number of nitrogens with one attached hydrogen (secondary N) is 2. The number of rotatable bonds is 13. The highest BCUT2D eigenvalue weighted by molar-refractivity contribution is 7.46. The molecule has 202 valence electrons. The van der Waals surface area contributed by atoms with Crippen LogP contribution in [-0.4, -0.2) is 59.0 Å². The van der Waals surface area contributed by atoms with Crippen molar-refractivity contribution in [3.63, 3.8) is 0 Å². The van der Waals surface area contributed by atoms with Crippen LogP contribution >= 0.6 is 7.82 Å². The number of aliphatic carboxylic acids is 1. The third kappa shape index (κ3) is 9.09. The van der Waals surface area contributed by atoms with Crippen molar-refractivity contribution in [1.82, 2.24) is 10.6 Å². The fourth-order valence-electron chi connectivity index (χ4n) is 3.54. The maximum Gasteiger partial charge on any atom is 0.524 e. The molecule has 0 aliphatic rings. The molecule has 0 aromatic heterocycles. The van der Waals surface area contributed by atoms with E-state index in [0.717, 1.165) is 0 Å². The maximum atomic E-state index is 13.2. The van der Waals surface area contributed by atoms with Crippen LogP contribution < -0.4 is 24.6 Å². The van der Waals surface area contributed by atoms with Gasteiger partial charge in [-0.1, -0.05) is 32.0 Å². The van der Waals surface area contributed by atoms with E-state index in [1.54, 1.807) is 18.2 Å². The van der Waals surface area contributed by atoms with E-state index in [4.69, 9.17) is 19.3 Å². The quantitative estimate of drug-likeness (QED) is 0.237. The molecule has 0 heterocycles. The molecule has 12 nitrogen and oxygen atoms in total. The Balaban J connectivity index is 2.36. The predicted octanol–water partition coefficient (Wildman–Crippen LogP) is 2.13. The Labute approximate surface area is 214 Å². The lowest BCUT2D eigenvalue weighted by molar-refractivity contribution is -0.142. The highest BCUT2D eigenvalue weighted by Crippen LogP contribution is 2.37. The SMILES string of the molecule is COc1cccc(OC)c1C(=O)NC(Cc1ccc(OP(=O)(O)O)cc1)C(=O)NC(CC(C)C)C(=O)O. The molecular formula is C24H31N2O10P.